The molecule has 7 nitrogen and oxygen atoms in total. The lowest BCUT2D eigenvalue weighted by molar-refractivity contribution is -0.0440. The number of rotatable bonds is 5. The number of nitrogens with zero attached hydrogens (tertiary/aromatic N) is 2. The molecular weight excluding hydrogens is 368 g/mol. The highest BCUT2D eigenvalue weighted by Gasteiger charge is 2.32. The number of carbonyl (C=O) groups excluding carboxylic acids is 1. The third-order valence-corrected chi connectivity index (χ3v) is 6.04. The van der Waals surface area contributed by atoms with E-state index >= 15 is 0 Å². The van der Waals surface area contributed by atoms with Gasteiger partial charge >= 0.3 is 5.97 Å². The standard InChI is InChI=1S/C19H22N2O5S/c1-14-11-21(12-15(2)26-14)27(23,24)18-8-6-16(7-9-18)19(22)25-13-17-5-3-4-10-20-17/h3-10,14-15H,11-13H2,1-2H3. The highest BCUT2D eigenvalue weighted by molar-refractivity contribution is 7.89. The maximum Gasteiger partial charge on any atom is 0.338 e. The summed E-state index contributed by atoms with van der Waals surface area (Å²) in [5.74, 6) is -0.529. The topological polar surface area (TPSA) is 85.8 Å². The molecule has 3 rings (SSSR count). The Morgan fingerprint density at radius 2 is 1.81 bits per heavy atom. The van der Waals surface area contributed by atoms with Gasteiger partial charge in [-0.2, -0.15) is 4.31 Å². The molecule has 0 amide bonds. The van der Waals surface area contributed by atoms with Crippen LogP contribution in [0.2, 0.25) is 0 Å². The van der Waals surface area contributed by atoms with Gasteiger partial charge in [-0.25, -0.2) is 13.2 Å². The second-order valence-corrected chi connectivity index (χ2v) is 8.44. The van der Waals surface area contributed by atoms with Crippen molar-refractivity contribution in [3.05, 3.63) is 59.9 Å². The van der Waals surface area contributed by atoms with Gasteiger partial charge in [0.25, 0.3) is 0 Å². The summed E-state index contributed by atoms with van der Waals surface area (Å²) in [5, 5.41) is 0. The molecule has 1 aliphatic heterocycles. The van der Waals surface area contributed by atoms with Gasteiger partial charge in [-0.1, -0.05) is 6.07 Å². The molecule has 1 fully saturated rings. The van der Waals surface area contributed by atoms with E-state index in [9.17, 15) is 13.2 Å². The summed E-state index contributed by atoms with van der Waals surface area (Å²) >= 11 is 0. The van der Waals surface area contributed by atoms with Crippen molar-refractivity contribution in [2.75, 3.05) is 13.1 Å². The fourth-order valence-electron chi connectivity index (χ4n) is 2.95. The molecule has 0 radical (unpaired) electrons. The molecule has 2 atom stereocenters. The van der Waals surface area contributed by atoms with Gasteiger partial charge in [-0.15, -0.1) is 0 Å². The van der Waals surface area contributed by atoms with E-state index in [1.807, 2.05) is 19.9 Å². The Labute approximate surface area is 159 Å². The van der Waals surface area contributed by atoms with Crippen LogP contribution in [0.5, 0.6) is 0 Å². The van der Waals surface area contributed by atoms with Crippen molar-refractivity contribution >= 4 is 16.0 Å². The molecule has 1 aromatic heterocycles. The lowest BCUT2D eigenvalue weighted by atomic mass is 10.2. The Hall–Kier alpha value is -2.29. The van der Waals surface area contributed by atoms with Crippen molar-refractivity contribution in [1.29, 1.82) is 0 Å². The van der Waals surface area contributed by atoms with Crippen LogP contribution in [0.3, 0.4) is 0 Å². The van der Waals surface area contributed by atoms with Crippen LogP contribution in [0.1, 0.15) is 29.9 Å². The van der Waals surface area contributed by atoms with Crippen molar-refractivity contribution in [1.82, 2.24) is 9.29 Å². The number of benzene rings is 1. The number of pyridine rings is 1. The predicted octanol–water partition coefficient (Wildman–Crippen LogP) is 2.24. The Morgan fingerprint density at radius 1 is 1.15 bits per heavy atom. The second-order valence-electron chi connectivity index (χ2n) is 6.50. The van der Waals surface area contributed by atoms with E-state index < -0.39 is 16.0 Å². The average Bonchev–Trinajstić information content (AvgIpc) is 2.66. The van der Waals surface area contributed by atoms with Crippen LogP contribution in [0, 0.1) is 0 Å². The SMILES string of the molecule is CC1CN(S(=O)(=O)c2ccc(C(=O)OCc3ccccn3)cc2)CC(C)O1. The largest absolute Gasteiger partial charge is 0.456 e. The third kappa shape index (κ3) is 4.71. The first-order chi connectivity index (χ1) is 12.9. The average molecular weight is 390 g/mol. The fraction of sp³-hybridized carbons (Fsp3) is 0.368. The van der Waals surface area contributed by atoms with Crippen molar-refractivity contribution in [2.24, 2.45) is 0 Å². The number of carbonyl (C=O) groups is 1. The molecular formula is C19H22N2O5S. The first-order valence-electron chi connectivity index (χ1n) is 8.69. The minimum Gasteiger partial charge on any atom is -0.456 e. The summed E-state index contributed by atoms with van der Waals surface area (Å²) < 4.78 is 37.8. The monoisotopic (exact) mass is 390 g/mol. The number of aromatic nitrogens is 1. The predicted molar refractivity (Wildman–Crippen MR) is 98.6 cm³/mol. The van der Waals surface area contributed by atoms with Crippen molar-refractivity contribution < 1.29 is 22.7 Å². The normalized spacial score (nSPS) is 21.0. The van der Waals surface area contributed by atoms with E-state index in [2.05, 4.69) is 4.98 Å². The zero-order valence-corrected chi connectivity index (χ0v) is 16.1. The smallest absolute Gasteiger partial charge is 0.338 e. The van der Waals surface area contributed by atoms with Crippen molar-refractivity contribution in [3.8, 4) is 0 Å². The van der Waals surface area contributed by atoms with E-state index in [1.54, 1.807) is 18.3 Å². The highest BCUT2D eigenvalue weighted by atomic mass is 32.2. The lowest BCUT2D eigenvalue weighted by Gasteiger charge is -2.34. The summed E-state index contributed by atoms with van der Waals surface area (Å²) in [7, 11) is -3.63. The zero-order chi connectivity index (χ0) is 19.4. The zero-order valence-electron chi connectivity index (χ0n) is 15.2. The van der Waals surface area contributed by atoms with Gasteiger partial charge in [0, 0.05) is 19.3 Å². The summed E-state index contributed by atoms with van der Waals surface area (Å²) in [4.78, 5) is 16.4. The van der Waals surface area contributed by atoms with E-state index in [4.69, 9.17) is 9.47 Å². The first-order valence-corrected chi connectivity index (χ1v) is 10.1. The third-order valence-electron chi connectivity index (χ3n) is 4.19. The van der Waals surface area contributed by atoms with Crippen LogP contribution in [0.4, 0.5) is 0 Å². The minimum absolute atomic E-state index is 0.0588. The second kappa shape index (κ2) is 8.16. The maximum atomic E-state index is 12.8. The quantitative estimate of drug-likeness (QED) is 0.728. The molecule has 1 aromatic carbocycles. The Morgan fingerprint density at radius 3 is 2.41 bits per heavy atom. The highest BCUT2D eigenvalue weighted by Crippen LogP contribution is 2.21. The van der Waals surface area contributed by atoms with E-state index in [-0.39, 0.29) is 29.3 Å². The van der Waals surface area contributed by atoms with Gasteiger partial charge in [0.2, 0.25) is 10.0 Å². The van der Waals surface area contributed by atoms with E-state index in [0.29, 0.717) is 18.8 Å². The lowest BCUT2D eigenvalue weighted by Crippen LogP contribution is -2.48. The number of sulfonamides is 1. The molecule has 0 saturated carbocycles. The van der Waals surface area contributed by atoms with E-state index in [1.165, 1.54) is 28.6 Å². The molecule has 27 heavy (non-hydrogen) atoms. The van der Waals surface area contributed by atoms with Gasteiger partial charge in [-0.3, -0.25) is 4.98 Å². The summed E-state index contributed by atoms with van der Waals surface area (Å²) in [6.45, 7) is 4.36. The molecule has 2 aromatic rings. The number of hydrogen-bond donors (Lipinski definition) is 0. The number of hydrogen-bond acceptors (Lipinski definition) is 6. The molecule has 1 saturated heterocycles. The molecule has 1 aliphatic rings. The fourth-order valence-corrected chi connectivity index (χ4v) is 4.54. The van der Waals surface area contributed by atoms with Crippen LogP contribution >= 0.6 is 0 Å². The number of esters is 1. The molecule has 0 bridgehead atoms. The van der Waals surface area contributed by atoms with Crippen LogP contribution in [-0.4, -0.2) is 49.0 Å². The first kappa shape index (κ1) is 19.5. The molecule has 0 spiro atoms. The molecule has 144 valence electrons. The minimum atomic E-state index is -3.63. The van der Waals surface area contributed by atoms with Crippen LogP contribution in [0.25, 0.3) is 0 Å². The molecule has 8 heteroatoms. The van der Waals surface area contributed by atoms with Crippen LogP contribution < -0.4 is 0 Å². The molecule has 0 N–H and O–H groups in total. The van der Waals surface area contributed by atoms with Gasteiger partial charge < -0.3 is 9.47 Å². The number of morpholine rings is 1. The Bertz CT molecular complexity index is 874. The summed E-state index contributed by atoms with van der Waals surface area (Å²) in [5.41, 5.74) is 0.925. The number of ether oxygens (including phenoxy) is 2. The van der Waals surface area contributed by atoms with Gasteiger partial charge in [0.1, 0.15) is 6.61 Å². The van der Waals surface area contributed by atoms with E-state index in [0.717, 1.165) is 0 Å². The van der Waals surface area contributed by atoms with Gasteiger partial charge in [-0.05, 0) is 50.2 Å². The van der Waals surface area contributed by atoms with Crippen LogP contribution in [0.15, 0.2) is 53.6 Å². The summed E-state index contributed by atoms with van der Waals surface area (Å²) in [6.07, 6.45) is 1.30. The van der Waals surface area contributed by atoms with Crippen molar-refractivity contribution in [2.45, 2.75) is 37.6 Å². The van der Waals surface area contributed by atoms with Gasteiger partial charge in [0.05, 0.1) is 28.4 Å². The molecule has 2 unspecified atom stereocenters. The Balaban J connectivity index is 1.68. The molecule has 0 aliphatic carbocycles. The van der Waals surface area contributed by atoms with Crippen LogP contribution in [-0.2, 0) is 26.1 Å². The van der Waals surface area contributed by atoms with Crippen molar-refractivity contribution in [3.63, 3.8) is 0 Å². The molecule has 2 heterocycles. The summed E-state index contributed by atoms with van der Waals surface area (Å²) in [6, 6.07) is 11.1. The maximum absolute atomic E-state index is 12.8. The van der Waals surface area contributed by atoms with Gasteiger partial charge in [0.15, 0.2) is 0 Å². The Kier molecular flexibility index (Phi) is 5.88.